The maximum absolute atomic E-state index is 2.37. The number of allylic oxidation sites excluding steroid dienone is 4. The van der Waals surface area contributed by atoms with E-state index in [1.165, 1.54) is 25.7 Å². The van der Waals surface area contributed by atoms with E-state index in [1.807, 2.05) is 0 Å². The minimum atomic E-state index is 0.455. The van der Waals surface area contributed by atoms with E-state index in [9.17, 15) is 0 Å². The average molecular weight is 178 g/mol. The van der Waals surface area contributed by atoms with Crippen molar-refractivity contribution in [2.75, 3.05) is 0 Å². The first-order valence-corrected chi connectivity index (χ1v) is 5.53. The fourth-order valence-corrected chi connectivity index (χ4v) is 2.01. The van der Waals surface area contributed by atoms with Gasteiger partial charge in [-0.05, 0) is 31.1 Å². The quantitative estimate of drug-likeness (QED) is 0.585. The predicted molar refractivity (Wildman–Crippen MR) is 59.8 cm³/mol. The first kappa shape index (κ1) is 10.6. The zero-order chi connectivity index (χ0) is 9.73. The molecule has 1 aliphatic rings. The van der Waals surface area contributed by atoms with E-state index >= 15 is 0 Å². The van der Waals surface area contributed by atoms with Gasteiger partial charge in [0.1, 0.15) is 0 Å². The summed E-state index contributed by atoms with van der Waals surface area (Å²) in [6.07, 6.45) is 13.4. The lowest BCUT2D eigenvalue weighted by Crippen LogP contribution is -2.18. The van der Waals surface area contributed by atoms with E-state index in [2.05, 4.69) is 39.0 Å². The molecule has 0 unspecified atom stereocenters. The van der Waals surface area contributed by atoms with Gasteiger partial charge in [-0.15, -0.1) is 0 Å². The molecular formula is C13H22. The molecule has 0 heterocycles. The zero-order valence-electron chi connectivity index (χ0n) is 9.27. The number of hydrogen-bond acceptors (Lipinski definition) is 0. The van der Waals surface area contributed by atoms with Crippen LogP contribution in [0, 0.1) is 5.41 Å². The van der Waals surface area contributed by atoms with Crippen LogP contribution in [0.1, 0.15) is 52.9 Å². The zero-order valence-corrected chi connectivity index (χ0v) is 9.27. The molecule has 0 amide bonds. The third kappa shape index (κ3) is 3.02. The molecule has 74 valence electrons. The highest BCUT2D eigenvalue weighted by molar-refractivity contribution is 5.20. The van der Waals surface area contributed by atoms with Crippen molar-refractivity contribution in [3.63, 3.8) is 0 Å². The second-order valence-corrected chi connectivity index (χ2v) is 4.62. The van der Waals surface area contributed by atoms with E-state index in [4.69, 9.17) is 0 Å². The summed E-state index contributed by atoms with van der Waals surface area (Å²) in [6.45, 7) is 6.93. The molecule has 0 atom stereocenters. The van der Waals surface area contributed by atoms with Crippen molar-refractivity contribution in [3.05, 3.63) is 23.8 Å². The maximum Gasteiger partial charge on any atom is -0.0142 e. The normalized spacial score (nSPS) is 25.6. The summed E-state index contributed by atoms with van der Waals surface area (Å²) >= 11 is 0. The summed E-state index contributed by atoms with van der Waals surface area (Å²) in [5.74, 6) is 0. The van der Waals surface area contributed by atoms with Crippen LogP contribution in [0.4, 0.5) is 0 Å². The van der Waals surface area contributed by atoms with Gasteiger partial charge in [-0.1, -0.05) is 51.0 Å². The molecule has 0 aromatic rings. The first-order valence-electron chi connectivity index (χ1n) is 5.53. The van der Waals surface area contributed by atoms with Gasteiger partial charge in [0.25, 0.3) is 0 Å². The summed E-state index contributed by atoms with van der Waals surface area (Å²) in [5, 5.41) is 0. The topological polar surface area (TPSA) is 0 Å². The average Bonchev–Trinajstić information content (AvgIpc) is 2.08. The molecule has 0 nitrogen and oxygen atoms in total. The standard InChI is InChI=1S/C13H22/c1-4-5-6-9-12-10-7-8-11-13(12,2)3/h5-6,9H,4,7-8,10-11H2,1-3H3/b6-5-,12-9-. The van der Waals surface area contributed by atoms with Gasteiger partial charge < -0.3 is 0 Å². The van der Waals surface area contributed by atoms with Gasteiger partial charge in [0, 0.05) is 0 Å². The smallest absolute Gasteiger partial charge is 0.0142 e. The highest BCUT2D eigenvalue weighted by Crippen LogP contribution is 2.39. The van der Waals surface area contributed by atoms with E-state index < -0.39 is 0 Å². The Bertz CT molecular complexity index is 206. The molecule has 0 aromatic heterocycles. The Kier molecular flexibility index (Phi) is 3.77. The molecule has 0 N–H and O–H groups in total. The molecule has 0 heteroatoms. The molecule has 0 aromatic carbocycles. The second-order valence-electron chi connectivity index (χ2n) is 4.62. The lowest BCUT2D eigenvalue weighted by atomic mass is 9.73. The van der Waals surface area contributed by atoms with E-state index in [0.29, 0.717) is 5.41 Å². The van der Waals surface area contributed by atoms with E-state index in [-0.39, 0.29) is 0 Å². The molecular weight excluding hydrogens is 156 g/mol. The molecule has 0 spiro atoms. The lowest BCUT2D eigenvalue weighted by Gasteiger charge is -2.32. The van der Waals surface area contributed by atoms with Gasteiger partial charge in [-0.3, -0.25) is 0 Å². The number of rotatable bonds is 2. The van der Waals surface area contributed by atoms with Gasteiger partial charge in [-0.25, -0.2) is 0 Å². The van der Waals surface area contributed by atoms with Gasteiger partial charge in [0.05, 0.1) is 0 Å². The summed E-state index contributed by atoms with van der Waals surface area (Å²) in [6, 6.07) is 0. The molecule has 1 rings (SSSR count). The van der Waals surface area contributed by atoms with Crippen molar-refractivity contribution in [1.29, 1.82) is 0 Å². The van der Waals surface area contributed by atoms with Crippen molar-refractivity contribution < 1.29 is 0 Å². The van der Waals surface area contributed by atoms with Crippen LogP contribution in [-0.2, 0) is 0 Å². The van der Waals surface area contributed by atoms with Crippen LogP contribution >= 0.6 is 0 Å². The number of hydrogen-bond donors (Lipinski definition) is 0. The van der Waals surface area contributed by atoms with Crippen LogP contribution in [0.5, 0.6) is 0 Å². The molecule has 0 saturated heterocycles. The minimum Gasteiger partial charge on any atom is -0.0848 e. The van der Waals surface area contributed by atoms with Crippen molar-refractivity contribution in [2.24, 2.45) is 5.41 Å². The van der Waals surface area contributed by atoms with Crippen molar-refractivity contribution >= 4 is 0 Å². The van der Waals surface area contributed by atoms with Crippen LogP contribution in [-0.4, -0.2) is 0 Å². The van der Waals surface area contributed by atoms with Crippen molar-refractivity contribution in [3.8, 4) is 0 Å². The van der Waals surface area contributed by atoms with Crippen LogP contribution < -0.4 is 0 Å². The Hall–Kier alpha value is -0.520. The Morgan fingerprint density at radius 3 is 2.69 bits per heavy atom. The monoisotopic (exact) mass is 178 g/mol. The predicted octanol–water partition coefficient (Wildman–Crippen LogP) is 4.48. The van der Waals surface area contributed by atoms with Crippen LogP contribution in [0.2, 0.25) is 0 Å². The van der Waals surface area contributed by atoms with Crippen LogP contribution in [0.15, 0.2) is 23.8 Å². The van der Waals surface area contributed by atoms with Crippen molar-refractivity contribution in [2.45, 2.75) is 52.9 Å². The molecule has 1 saturated carbocycles. The Morgan fingerprint density at radius 2 is 2.08 bits per heavy atom. The van der Waals surface area contributed by atoms with Gasteiger partial charge >= 0.3 is 0 Å². The summed E-state index contributed by atoms with van der Waals surface area (Å²) in [4.78, 5) is 0. The van der Waals surface area contributed by atoms with E-state index in [0.717, 1.165) is 6.42 Å². The fraction of sp³-hybridized carbons (Fsp3) is 0.692. The largest absolute Gasteiger partial charge is 0.0848 e. The lowest BCUT2D eigenvalue weighted by molar-refractivity contribution is 0.336. The van der Waals surface area contributed by atoms with Gasteiger partial charge in [-0.2, -0.15) is 0 Å². The molecule has 0 bridgehead atoms. The Labute approximate surface area is 82.7 Å². The second kappa shape index (κ2) is 4.64. The van der Waals surface area contributed by atoms with E-state index in [1.54, 1.807) is 5.57 Å². The van der Waals surface area contributed by atoms with Crippen molar-refractivity contribution in [1.82, 2.24) is 0 Å². The summed E-state index contributed by atoms with van der Waals surface area (Å²) in [7, 11) is 0. The highest BCUT2D eigenvalue weighted by Gasteiger charge is 2.25. The van der Waals surface area contributed by atoms with Crippen LogP contribution in [0.25, 0.3) is 0 Å². The van der Waals surface area contributed by atoms with Crippen LogP contribution in [0.3, 0.4) is 0 Å². The maximum atomic E-state index is 2.37. The fourth-order valence-electron chi connectivity index (χ4n) is 2.01. The Balaban J connectivity index is 2.64. The Morgan fingerprint density at radius 1 is 1.31 bits per heavy atom. The third-order valence-corrected chi connectivity index (χ3v) is 3.04. The van der Waals surface area contributed by atoms with Gasteiger partial charge in [0.2, 0.25) is 0 Å². The molecule has 1 fully saturated rings. The SMILES string of the molecule is CC/C=C\C=C1\CCCCC1(C)C. The molecule has 13 heavy (non-hydrogen) atoms. The highest BCUT2D eigenvalue weighted by atomic mass is 14.3. The first-order chi connectivity index (χ1) is 6.17. The summed E-state index contributed by atoms with van der Waals surface area (Å²) < 4.78 is 0. The molecule has 0 radical (unpaired) electrons. The van der Waals surface area contributed by atoms with Gasteiger partial charge in [0.15, 0.2) is 0 Å². The minimum absolute atomic E-state index is 0.455. The summed E-state index contributed by atoms with van der Waals surface area (Å²) in [5.41, 5.74) is 2.10. The third-order valence-electron chi connectivity index (χ3n) is 3.04. The molecule has 0 aliphatic heterocycles. The molecule has 1 aliphatic carbocycles.